The van der Waals surface area contributed by atoms with E-state index in [1.165, 1.54) is 0 Å². The highest BCUT2D eigenvalue weighted by Crippen LogP contribution is 1.41. The smallest absolute Gasteiger partial charge is 0.0870 e. The molecule has 0 aromatic carbocycles. The van der Waals surface area contributed by atoms with E-state index < -0.39 is 11.9 Å². The molecule has 0 saturated heterocycles. The molecule has 0 bridgehead atoms. The summed E-state index contributed by atoms with van der Waals surface area (Å²) in [7, 11) is 0. The Kier molecular flexibility index (Phi) is 143. The fraction of sp³-hybridized carbons (Fsp3) is 0.667. The summed E-state index contributed by atoms with van der Waals surface area (Å²) in [6.45, 7) is 3.14. The third-order valence-electron chi connectivity index (χ3n) is 0.167. The predicted molar refractivity (Wildman–Crippen MR) is 55.0 cm³/mol. The van der Waals surface area contributed by atoms with E-state index in [0.29, 0.717) is 0 Å². The minimum Gasteiger partial charge on any atom is -0.855 e. The number of carboxylic acid groups (broad SMARTS) is 2. The van der Waals surface area contributed by atoms with Crippen molar-refractivity contribution in [3.8, 4) is 0 Å². The van der Waals surface area contributed by atoms with Gasteiger partial charge in [0.15, 0.2) is 0 Å². The van der Waals surface area contributed by atoms with Gasteiger partial charge in [-0.15, -0.1) is 13.2 Å². The summed E-state index contributed by atoms with van der Waals surface area (Å²) in [5.74, 6) is -4.37. The average Bonchev–Trinajstić information content (AvgIpc) is 1.90. The van der Waals surface area contributed by atoms with Crippen molar-refractivity contribution in [1.29, 1.82) is 0 Å². The van der Waals surface area contributed by atoms with Crippen molar-refractivity contribution in [2.75, 3.05) is 13.2 Å². The van der Waals surface area contributed by atoms with Gasteiger partial charge in [-0.3, -0.25) is 0 Å². The standard InChI is InChI=1S/C2H2O4.2C2H5O.4H3N/c3-1(4)2(5)6;2*1-2-3;;;;/h(H,3,4)(H,5,6);2*2H2,1H3;4*1H3/q;2*-1;;;;/p+2. The van der Waals surface area contributed by atoms with Crippen LogP contribution in [0.5, 0.6) is 0 Å². The predicted octanol–water partition coefficient (Wildman–Crippen LogP) is -3.28. The lowest BCUT2D eigenvalue weighted by molar-refractivity contribution is -0.362. The number of carbonyl (C=O) groups is 2. The Hall–Kier alpha value is -1.30. The van der Waals surface area contributed by atoms with E-state index in [-0.39, 0.29) is 37.8 Å². The zero-order valence-electron chi connectivity index (χ0n) is 10.9. The highest BCUT2D eigenvalue weighted by Gasteiger charge is 1.74. The molecule has 0 aliphatic heterocycles. The van der Waals surface area contributed by atoms with Crippen LogP contribution in [0.25, 0.3) is 0 Å². The Morgan fingerprint density at radius 3 is 0.812 bits per heavy atom. The van der Waals surface area contributed by atoms with Crippen LogP contribution in [-0.2, 0) is 9.59 Å². The van der Waals surface area contributed by atoms with Crippen molar-refractivity contribution in [2.24, 2.45) is 0 Å². The maximum Gasteiger partial charge on any atom is 0.0870 e. The van der Waals surface area contributed by atoms with Gasteiger partial charge in [-0.2, -0.15) is 0 Å². The summed E-state index contributed by atoms with van der Waals surface area (Å²) >= 11 is 0. The molecule has 16 heavy (non-hydrogen) atoms. The van der Waals surface area contributed by atoms with E-state index in [0.717, 1.165) is 0 Å². The van der Waals surface area contributed by atoms with E-state index in [2.05, 4.69) is 0 Å². The SMILES string of the molecule is CC[O-].CC[O-].O=C([O-])C(=O)[O-].[NH4+].[NH4+].[NH4+].[NH4+]. The van der Waals surface area contributed by atoms with Gasteiger partial charge >= 0.3 is 0 Å². The van der Waals surface area contributed by atoms with E-state index in [4.69, 9.17) is 30.0 Å². The molecular weight excluding hydrogens is 224 g/mol. The van der Waals surface area contributed by atoms with Crippen LogP contribution >= 0.6 is 0 Å². The maximum atomic E-state index is 8.93. The molecule has 0 fully saturated rings. The molecule has 0 aromatic rings. The summed E-state index contributed by atoms with van der Waals surface area (Å²) in [5.41, 5.74) is 0. The van der Waals surface area contributed by atoms with E-state index in [9.17, 15) is 0 Å². The number of aliphatic carboxylic acids is 2. The molecule has 10 nitrogen and oxygen atoms in total. The first-order valence-electron chi connectivity index (χ1n) is 3.06. The summed E-state index contributed by atoms with van der Waals surface area (Å²) < 4.78 is 0. The van der Waals surface area contributed by atoms with Crippen LogP contribution in [0.1, 0.15) is 13.8 Å². The van der Waals surface area contributed by atoms with Crippen LogP contribution in [0.2, 0.25) is 0 Å². The van der Waals surface area contributed by atoms with Gasteiger partial charge < -0.3 is 54.6 Å². The quantitative estimate of drug-likeness (QED) is 0.319. The first kappa shape index (κ1) is 46.5. The molecule has 0 aliphatic rings. The van der Waals surface area contributed by atoms with Crippen LogP contribution in [-0.4, -0.2) is 25.2 Å². The Morgan fingerprint density at radius 1 is 0.750 bits per heavy atom. The fourth-order valence-electron chi connectivity index (χ4n) is 0. The number of hydrogen-bond acceptors (Lipinski definition) is 6. The minimum absolute atomic E-state index is 0. The number of rotatable bonds is 0. The Labute approximate surface area is 94.6 Å². The fourth-order valence-corrected chi connectivity index (χ4v) is 0. The number of carbonyl (C=O) groups excluding carboxylic acids is 2. The van der Waals surface area contributed by atoms with Gasteiger partial charge in [-0.25, -0.2) is 0 Å². The number of quaternary nitrogens is 4. The first-order valence-corrected chi connectivity index (χ1v) is 3.06. The molecule has 0 heterocycles. The lowest BCUT2D eigenvalue weighted by Crippen LogP contribution is -2.42. The lowest BCUT2D eigenvalue weighted by atomic mass is 10.7. The van der Waals surface area contributed by atoms with Crippen molar-refractivity contribution in [3.63, 3.8) is 0 Å². The third kappa shape index (κ3) is 238. The van der Waals surface area contributed by atoms with Crippen LogP contribution in [0.15, 0.2) is 0 Å². The molecule has 0 unspecified atom stereocenters. The van der Waals surface area contributed by atoms with Crippen LogP contribution in [0.3, 0.4) is 0 Å². The second-order valence-corrected chi connectivity index (χ2v) is 1.15. The van der Waals surface area contributed by atoms with Gasteiger partial charge in [0.2, 0.25) is 0 Å². The van der Waals surface area contributed by atoms with Gasteiger partial charge in [0.1, 0.15) is 0 Å². The van der Waals surface area contributed by atoms with Gasteiger partial charge in [-0.1, -0.05) is 13.8 Å². The van der Waals surface area contributed by atoms with E-state index in [1.807, 2.05) is 0 Å². The topological polar surface area (TPSA) is 272 Å². The molecule has 106 valence electrons. The maximum absolute atomic E-state index is 8.93. The van der Waals surface area contributed by atoms with Crippen molar-refractivity contribution < 1.29 is 30.0 Å². The zero-order valence-corrected chi connectivity index (χ0v) is 10.9. The second kappa shape index (κ2) is 49.2. The third-order valence-corrected chi connectivity index (χ3v) is 0.167. The zero-order chi connectivity index (χ0) is 10.6. The summed E-state index contributed by atoms with van der Waals surface area (Å²) in [6, 6.07) is 0. The molecule has 0 rings (SSSR count). The van der Waals surface area contributed by atoms with Crippen LogP contribution < -0.4 is 45.0 Å². The molecule has 0 aliphatic carbocycles. The van der Waals surface area contributed by atoms with E-state index in [1.54, 1.807) is 13.8 Å². The van der Waals surface area contributed by atoms with Crippen molar-refractivity contribution in [3.05, 3.63) is 0 Å². The average molecular weight is 250 g/mol. The summed E-state index contributed by atoms with van der Waals surface area (Å²) in [4.78, 5) is 17.9. The van der Waals surface area contributed by atoms with Gasteiger partial charge in [-0.05, 0) is 0 Å². The largest absolute Gasteiger partial charge is 0.855 e. The Balaban J connectivity index is -0.0000000145. The van der Waals surface area contributed by atoms with Gasteiger partial charge in [0.25, 0.3) is 0 Å². The highest BCUT2D eigenvalue weighted by atomic mass is 16.4. The molecule has 16 N–H and O–H groups in total. The number of hydrogen-bond donors (Lipinski definition) is 4. The second-order valence-electron chi connectivity index (χ2n) is 1.15. The van der Waals surface area contributed by atoms with Crippen molar-refractivity contribution >= 4 is 11.9 Å². The minimum atomic E-state index is -2.19. The van der Waals surface area contributed by atoms with Crippen LogP contribution in [0.4, 0.5) is 0 Å². The molecule has 0 spiro atoms. The van der Waals surface area contributed by atoms with Gasteiger partial charge in [0, 0.05) is 0 Å². The first-order chi connectivity index (χ1) is 5.47. The van der Waals surface area contributed by atoms with E-state index >= 15 is 0 Å². The molecule has 0 saturated carbocycles. The lowest BCUT2D eigenvalue weighted by Gasteiger charge is -1.97. The Morgan fingerprint density at radius 2 is 0.812 bits per heavy atom. The summed E-state index contributed by atoms with van der Waals surface area (Å²) in [6.07, 6.45) is 0. The molecular formula is C6H26N4O6. The van der Waals surface area contributed by atoms with Gasteiger partial charge in [0.05, 0.1) is 11.9 Å². The molecule has 0 radical (unpaired) electrons. The monoisotopic (exact) mass is 250 g/mol. The normalized spacial score (nSPS) is 5.00. The molecule has 10 heteroatoms. The van der Waals surface area contributed by atoms with Crippen LogP contribution in [0, 0.1) is 0 Å². The highest BCUT2D eigenvalue weighted by molar-refractivity contribution is 6.25. The summed E-state index contributed by atoms with van der Waals surface area (Å²) in [5, 5.41) is 35.7. The van der Waals surface area contributed by atoms with Crippen molar-refractivity contribution in [1.82, 2.24) is 24.6 Å². The van der Waals surface area contributed by atoms with Crippen molar-refractivity contribution in [2.45, 2.75) is 13.8 Å². The number of carboxylic acids is 2. The Bertz CT molecular complexity index is 110. The molecule has 0 amide bonds. The molecule has 0 atom stereocenters. The molecule has 0 aromatic heterocycles.